The number of hydrogen-bond acceptors (Lipinski definition) is 4. The molecule has 0 heterocycles. The van der Waals surface area contributed by atoms with Crippen LogP contribution >= 0.6 is 0 Å². The summed E-state index contributed by atoms with van der Waals surface area (Å²) in [5.74, 6) is -2.72. The molecular formula is C17H14F4N2O4S. The second-order valence-corrected chi connectivity index (χ2v) is 7.02. The van der Waals surface area contributed by atoms with Crippen LogP contribution in [0.25, 0.3) is 0 Å². The Morgan fingerprint density at radius 3 is 2.50 bits per heavy atom. The van der Waals surface area contributed by atoms with E-state index in [0.29, 0.717) is 0 Å². The van der Waals surface area contributed by atoms with Gasteiger partial charge in [-0.2, -0.15) is 0 Å². The number of para-hydroxylation sites is 2. The maximum atomic E-state index is 13.9. The lowest BCUT2D eigenvalue weighted by molar-refractivity contribution is -0.274. The van der Waals surface area contributed by atoms with Gasteiger partial charge in [0, 0.05) is 12.1 Å². The monoisotopic (exact) mass is 418 g/mol. The summed E-state index contributed by atoms with van der Waals surface area (Å²) in [4.78, 5) is 11.5. The largest absolute Gasteiger partial charge is 0.573 e. The van der Waals surface area contributed by atoms with E-state index >= 15 is 0 Å². The van der Waals surface area contributed by atoms with E-state index in [1.54, 1.807) is 0 Å². The van der Waals surface area contributed by atoms with Crippen molar-refractivity contribution < 1.29 is 35.5 Å². The van der Waals surface area contributed by atoms with Crippen molar-refractivity contribution in [2.45, 2.75) is 11.3 Å². The van der Waals surface area contributed by atoms with Crippen molar-refractivity contribution in [3.8, 4) is 5.75 Å². The Labute approximate surface area is 157 Å². The molecule has 0 aliphatic carbocycles. The summed E-state index contributed by atoms with van der Waals surface area (Å²) in [6.07, 6.45) is -3.74. The Morgan fingerprint density at radius 2 is 1.86 bits per heavy atom. The Hall–Kier alpha value is -2.92. The van der Waals surface area contributed by atoms with Crippen LogP contribution in [0.4, 0.5) is 23.2 Å². The predicted molar refractivity (Wildman–Crippen MR) is 92.9 cm³/mol. The molecule has 0 saturated carbocycles. The normalized spacial score (nSPS) is 11.7. The lowest BCUT2D eigenvalue weighted by atomic mass is 10.2. The molecule has 0 radical (unpaired) electrons. The first kappa shape index (κ1) is 21.4. The van der Waals surface area contributed by atoms with E-state index in [1.165, 1.54) is 18.2 Å². The SMILES string of the molecule is C=CCNS(=O)(=O)c1cc(C(=O)Nc2ccccc2OC(F)(F)F)ccc1F. The fraction of sp³-hybridized carbons (Fsp3) is 0.118. The van der Waals surface area contributed by atoms with Crippen LogP contribution in [0.1, 0.15) is 10.4 Å². The number of nitrogens with one attached hydrogen (secondary N) is 2. The summed E-state index contributed by atoms with van der Waals surface area (Å²) in [6, 6.07) is 7.29. The molecule has 6 nitrogen and oxygen atoms in total. The number of hydrogen-bond donors (Lipinski definition) is 2. The van der Waals surface area contributed by atoms with E-state index < -0.39 is 38.8 Å². The number of carbonyl (C=O) groups excluding carboxylic acids is 1. The second kappa shape index (κ2) is 8.40. The van der Waals surface area contributed by atoms with Gasteiger partial charge in [-0.25, -0.2) is 17.5 Å². The number of rotatable bonds is 7. The van der Waals surface area contributed by atoms with E-state index in [1.807, 2.05) is 0 Å². The van der Waals surface area contributed by atoms with E-state index in [4.69, 9.17) is 0 Å². The van der Waals surface area contributed by atoms with E-state index in [2.05, 4.69) is 21.4 Å². The minimum Gasteiger partial charge on any atom is -0.404 e. The van der Waals surface area contributed by atoms with Gasteiger partial charge < -0.3 is 10.1 Å². The van der Waals surface area contributed by atoms with Crippen molar-refractivity contribution in [2.75, 3.05) is 11.9 Å². The number of ether oxygens (including phenoxy) is 1. The maximum Gasteiger partial charge on any atom is 0.573 e. The molecule has 11 heteroatoms. The number of sulfonamides is 1. The van der Waals surface area contributed by atoms with Gasteiger partial charge >= 0.3 is 6.36 Å². The van der Waals surface area contributed by atoms with Gasteiger partial charge in [-0.1, -0.05) is 18.2 Å². The van der Waals surface area contributed by atoms with Crippen LogP contribution in [0.2, 0.25) is 0 Å². The van der Waals surface area contributed by atoms with Crippen molar-refractivity contribution in [1.82, 2.24) is 4.72 Å². The topological polar surface area (TPSA) is 84.5 Å². The highest BCUT2D eigenvalue weighted by Crippen LogP contribution is 2.30. The average molecular weight is 418 g/mol. The minimum absolute atomic E-state index is 0.166. The van der Waals surface area contributed by atoms with Crippen LogP contribution in [0.3, 0.4) is 0 Å². The molecule has 2 N–H and O–H groups in total. The van der Waals surface area contributed by atoms with Crippen LogP contribution in [0, 0.1) is 5.82 Å². The molecule has 0 spiro atoms. The number of amides is 1. The third-order valence-corrected chi connectivity index (χ3v) is 4.70. The Morgan fingerprint density at radius 1 is 1.18 bits per heavy atom. The lowest BCUT2D eigenvalue weighted by Crippen LogP contribution is -2.25. The quantitative estimate of drug-likeness (QED) is 0.533. The zero-order chi connectivity index (χ0) is 20.9. The van der Waals surface area contributed by atoms with Crippen LogP contribution < -0.4 is 14.8 Å². The first-order chi connectivity index (χ1) is 13.0. The van der Waals surface area contributed by atoms with Gasteiger partial charge in [0.1, 0.15) is 10.7 Å². The molecule has 0 aliphatic heterocycles. The Balaban J connectivity index is 2.32. The fourth-order valence-corrected chi connectivity index (χ4v) is 3.17. The summed E-state index contributed by atoms with van der Waals surface area (Å²) in [7, 11) is -4.26. The molecule has 0 fully saturated rings. The standard InChI is InChI=1S/C17H14F4N2O4S/c1-2-9-22-28(25,26)15-10-11(7-8-12(15)18)16(24)23-13-5-3-4-6-14(13)27-17(19,20)21/h2-8,10,22H,1,9H2,(H,23,24). The number of anilines is 1. The smallest absolute Gasteiger partial charge is 0.404 e. The zero-order valence-electron chi connectivity index (χ0n) is 14.1. The molecule has 0 saturated heterocycles. The Kier molecular flexibility index (Phi) is 6.41. The van der Waals surface area contributed by atoms with Crippen LogP contribution in [0.15, 0.2) is 60.0 Å². The van der Waals surface area contributed by atoms with Crippen molar-refractivity contribution in [3.63, 3.8) is 0 Å². The lowest BCUT2D eigenvalue weighted by Gasteiger charge is -2.14. The second-order valence-electron chi connectivity index (χ2n) is 5.28. The number of alkyl halides is 3. The molecule has 2 aromatic rings. The number of halogens is 4. The molecule has 0 bridgehead atoms. The molecule has 0 aliphatic rings. The summed E-state index contributed by atoms with van der Waals surface area (Å²) >= 11 is 0. The van der Waals surface area contributed by atoms with Gasteiger partial charge in [0.15, 0.2) is 5.75 Å². The zero-order valence-corrected chi connectivity index (χ0v) is 14.9. The fourth-order valence-electron chi connectivity index (χ4n) is 2.07. The predicted octanol–water partition coefficient (Wildman–Crippen LogP) is 3.44. The first-order valence-corrected chi connectivity index (χ1v) is 9.08. The van der Waals surface area contributed by atoms with E-state index in [0.717, 1.165) is 30.3 Å². The summed E-state index contributed by atoms with van der Waals surface area (Å²) in [5, 5.41) is 2.17. The molecule has 2 aromatic carbocycles. The molecule has 28 heavy (non-hydrogen) atoms. The van der Waals surface area contributed by atoms with Gasteiger partial charge in [0.25, 0.3) is 5.91 Å². The number of benzene rings is 2. The highest BCUT2D eigenvalue weighted by molar-refractivity contribution is 7.89. The third kappa shape index (κ3) is 5.54. The Bertz CT molecular complexity index is 991. The van der Waals surface area contributed by atoms with Gasteiger partial charge in [0.2, 0.25) is 10.0 Å². The third-order valence-electron chi connectivity index (χ3n) is 3.26. The molecular weight excluding hydrogens is 404 g/mol. The molecule has 150 valence electrons. The molecule has 0 atom stereocenters. The van der Waals surface area contributed by atoms with Gasteiger partial charge in [-0.15, -0.1) is 19.8 Å². The summed E-state index contributed by atoms with van der Waals surface area (Å²) in [5.41, 5.74) is -0.592. The van der Waals surface area contributed by atoms with Gasteiger partial charge in [-0.05, 0) is 30.3 Å². The molecule has 1 amide bonds. The van der Waals surface area contributed by atoms with E-state index in [-0.39, 0.29) is 17.8 Å². The van der Waals surface area contributed by atoms with E-state index in [9.17, 15) is 30.8 Å². The molecule has 2 rings (SSSR count). The first-order valence-electron chi connectivity index (χ1n) is 7.60. The highest BCUT2D eigenvalue weighted by Gasteiger charge is 2.32. The van der Waals surface area contributed by atoms with Crippen molar-refractivity contribution in [1.29, 1.82) is 0 Å². The number of carbonyl (C=O) groups is 1. The minimum atomic E-state index is -4.98. The van der Waals surface area contributed by atoms with Crippen molar-refractivity contribution in [3.05, 3.63) is 66.5 Å². The maximum absolute atomic E-state index is 13.9. The average Bonchev–Trinajstić information content (AvgIpc) is 2.60. The highest BCUT2D eigenvalue weighted by atomic mass is 32.2. The van der Waals surface area contributed by atoms with Crippen LogP contribution in [-0.2, 0) is 10.0 Å². The van der Waals surface area contributed by atoms with Gasteiger partial charge in [0.05, 0.1) is 5.69 Å². The summed E-state index contributed by atoms with van der Waals surface area (Å²) in [6.45, 7) is 3.16. The molecule has 0 unspecified atom stereocenters. The van der Waals surface area contributed by atoms with Crippen molar-refractivity contribution in [2.24, 2.45) is 0 Å². The van der Waals surface area contributed by atoms with Gasteiger partial charge in [-0.3, -0.25) is 4.79 Å². The van der Waals surface area contributed by atoms with Crippen LogP contribution in [-0.4, -0.2) is 27.2 Å². The summed E-state index contributed by atoms with van der Waals surface area (Å²) < 4.78 is 81.3. The van der Waals surface area contributed by atoms with Crippen LogP contribution in [0.5, 0.6) is 5.75 Å². The molecule has 0 aromatic heterocycles. The van der Waals surface area contributed by atoms with Crippen molar-refractivity contribution >= 4 is 21.6 Å².